The summed E-state index contributed by atoms with van der Waals surface area (Å²) < 4.78 is 0. The van der Waals surface area contributed by atoms with Crippen LogP contribution in [0.2, 0.25) is 0 Å². The van der Waals surface area contributed by atoms with Gasteiger partial charge in [-0.15, -0.1) is 11.1 Å². The zero-order valence-corrected chi connectivity index (χ0v) is 12.2. The lowest BCUT2D eigenvalue weighted by Gasteiger charge is -2.44. The van der Waals surface area contributed by atoms with Crippen molar-refractivity contribution in [3.05, 3.63) is 28.8 Å². The summed E-state index contributed by atoms with van der Waals surface area (Å²) in [6.07, 6.45) is 0. The number of rotatable bonds is 3. The molecule has 0 unspecified atom stereocenters. The van der Waals surface area contributed by atoms with Crippen LogP contribution in [0.25, 0.3) is 0 Å². The Hall–Kier alpha value is -0.350. The van der Waals surface area contributed by atoms with E-state index in [0.29, 0.717) is 17.8 Å². The molecule has 1 heteroatoms. The molecule has 0 saturated heterocycles. The quantitative estimate of drug-likeness (QED) is 0.639. The Morgan fingerprint density at radius 2 is 1.12 bits per heavy atom. The maximum Gasteiger partial charge on any atom is -0.0219 e. The second-order valence-corrected chi connectivity index (χ2v) is 5.96. The van der Waals surface area contributed by atoms with E-state index in [1.807, 2.05) is 0 Å². The normalized spacial score (nSPS) is 11.9. The van der Waals surface area contributed by atoms with Crippen LogP contribution >= 0.6 is 9.24 Å². The number of benzene rings is 1. The van der Waals surface area contributed by atoms with E-state index in [-0.39, 0.29) is 0 Å². The van der Waals surface area contributed by atoms with Gasteiger partial charge in [0.2, 0.25) is 0 Å². The van der Waals surface area contributed by atoms with E-state index in [4.69, 9.17) is 9.24 Å². The van der Waals surface area contributed by atoms with Crippen molar-refractivity contribution in [2.75, 3.05) is 0 Å². The molecule has 0 nitrogen and oxygen atoms in total. The minimum absolute atomic E-state index is 0.545. The largest absolute Gasteiger partial charge is 1.45 e. The maximum atomic E-state index is 4.71. The SMILES string of the molecule is CC(C)c1cc(C(C)C)c([P-2])c(C(C)C)c1. The molecule has 0 heterocycles. The minimum Gasteiger partial charge on any atom is -1.45 e. The molecule has 1 aromatic rings. The predicted molar refractivity (Wildman–Crippen MR) is 75.3 cm³/mol. The summed E-state index contributed by atoms with van der Waals surface area (Å²) in [5.74, 6) is 1.68. The van der Waals surface area contributed by atoms with E-state index in [2.05, 4.69) is 53.7 Å². The predicted octanol–water partition coefficient (Wildman–Crippen LogP) is 5.09. The first-order valence-electron chi connectivity index (χ1n) is 6.21. The molecular weight excluding hydrogens is 211 g/mol. The standard InChI is InChI=1S/C15H23P/c1-9(2)12-7-13(10(3)4)15(16)14(8-12)11(5)6/h7-11H,1-6H3/q-2. The van der Waals surface area contributed by atoms with Crippen molar-refractivity contribution >= 4 is 14.5 Å². The van der Waals surface area contributed by atoms with Gasteiger partial charge in [0.05, 0.1) is 0 Å². The van der Waals surface area contributed by atoms with Gasteiger partial charge in [-0.05, 0) is 23.3 Å². The van der Waals surface area contributed by atoms with Gasteiger partial charge in [-0.1, -0.05) is 53.7 Å². The van der Waals surface area contributed by atoms with Crippen LogP contribution in [0.5, 0.6) is 0 Å². The fourth-order valence-electron chi connectivity index (χ4n) is 1.92. The fourth-order valence-corrected chi connectivity index (χ4v) is 2.56. The van der Waals surface area contributed by atoms with E-state index < -0.39 is 0 Å². The molecular formula is C15H23P-2. The molecule has 1 rings (SSSR count). The van der Waals surface area contributed by atoms with Crippen LogP contribution < -0.4 is 5.30 Å². The molecule has 0 bridgehead atoms. The molecule has 16 heavy (non-hydrogen) atoms. The average Bonchev–Trinajstić information content (AvgIpc) is 2.16. The monoisotopic (exact) mass is 234 g/mol. The van der Waals surface area contributed by atoms with Gasteiger partial charge in [0, 0.05) is 0 Å². The molecule has 0 radical (unpaired) electrons. The molecule has 1 aromatic carbocycles. The zero-order chi connectivity index (χ0) is 12.5. The van der Waals surface area contributed by atoms with Crippen molar-refractivity contribution in [2.45, 2.75) is 59.3 Å². The topological polar surface area (TPSA) is 0 Å². The smallest absolute Gasteiger partial charge is 0.0219 e. The highest BCUT2D eigenvalue weighted by Crippen LogP contribution is 2.26. The highest BCUT2D eigenvalue weighted by molar-refractivity contribution is 7.27. The molecule has 90 valence electrons. The van der Waals surface area contributed by atoms with Crippen LogP contribution in [-0.4, -0.2) is 0 Å². The zero-order valence-electron chi connectivity index (χ0n) is 11.3. The third-order valence-electron chi connectivity index (χ3n) is 3.10. The lowest BCUT2D eigenvalue weighted by Crippen LogP contribution is -2.13. The van der Waals surface area contributed by atoms with E-state index in [1.54, 1.807) is 0 Å². The van der Waals surface area contributed by atoms with Gasteiger partial charge in [0.1, 0.15) is 0 Å². The summed E-state index contributed by atoms with van der Waals surface area (Å²) in [5, 5.41) is 1.19. The summed E-state index contributed by atoms with van der Waals surface area (Å²) >= 11 is 0. The fraction of sp³-hybridized carbons (Fsp3) is 0.600. The van der Waals surface area contributed by atoms with Crippen LogP contribution in [0, 0.1) is 0 Å². The molecule has 0 aromatic heterocycles. The summed E-state index contributed by atoms with van der Waals surface area (Å²) in [5.41, 5.74) is 4.21. The molecule has 0 N–H and O–H groups in total. The average molecular weight is 234 g/mol. The first kappa shape index (κ1) is 13.7. The molecule has 0 spiro atoms. The highest BCUT2D eigenvalue weighted by atomic mass is 31.0. The lowest BCUT2D eigenvalue weighted by molar-refractivity contribution is 0.813. The first-order valence-corrected chi connectivity index (χ1v) is 6.66. The third-order valence-corrected chi connectivity index (χ3v) is 3.62. The molecule has 0 aliphatic heterocycles. The summed E-state index contributed by atoms with van der Waals surface area (Å²) in [6, 6.07) is 4.65. The van der Waals surface area contributed by atoms with Crippen molar-refractivity contribution in [2.24, 2.45) is 0 Å². The van der Waals surface area contributed by atoms with Crippen LogP contribution in [0.3, 0.4) is 0 Å². The van der Waals surface area contributed by atoms with Gasteiger partial charge >= 0.3 is 0 Å². The van der Waals surface area contributed by atoms with Crippen molar-refractivity contribution in [3.8, 4) is 0 Å². The molecule has 0 atom stereocenters. The highest BCUT2D eigenvalue weighted by Gasteiger charge is 2.06. The Balaban J connectivity index is 3.39. The molecule has 0 aliphatic rings. The minimum atomic E-state index is 0.545. The van der Waals surface area contributed by atoms with Gasteiger partial charge in [-0.25, -0.2) is 0 Å². The van der Waals surface area contributed by atoms with Gasteiger partial charge in [-0.2, -0.15) is 0 Å². The van der Waals surface area contributed by atoms with Crippen LogP contribution in [0.15, 0.2) is 12.1 Å². The lowest BCUT2D eigenvalue weighted by atomic mass is 9.89. The van der Waals surface area contributed by atoms with Crippen molar-refractivity contribution in [3.63, 3.8) is 0 Å². The van der Waals surface area contributed by atoms with E-state index in [1.165, 1.54) is 22.0 Å². The van der Waals surface area contributed by atoms with Crippen molar-refractivity contribution in [1.29, 1.82) is 0 Å². The maximum absolute atomic E-state index is 4.71. The summed E-state index contributed by atoms with van der Waals surface area (Å²) in [4.78, 5) is 0. The Labute approximate surface area is 103 Å². The number of hydrogen-bond donors (Lipinski definition) is 0. The Morgan fingerprint density at radius 1 is 0.750 bits per heavy atom. The molecule has 0 saturated carbocycles. The van der Waals surface area contributed by atoms with Gasteiger partial charge in [-0.3, -0.25) is 0 Å². The first-order chi connectivity index (χ1) is 7.34. The Kier molecular flexibility index (Phi) is 4.56. The summed E-state index contributed by atoms with van der Waals surface area (Å²) in [7, 11) is 4.71. The van der Waals surface area contributed by atoms with Gasteiger partial charge < -0.3 is 14.5 Å². The molecule has 0 fully saturated rings. The second kappa shape index (κ2) is 5.32. The summed E-state index contributed by atoms with van der Waals surface area (Å²) in [6.45, 7) is 13.5. The molecule has 0 amide bonds. The molecule has 0 aliphatic carbocycles. The Bertz CT molecular complexity index is 333. The Morgan fingerprint density at radius 3 is 1.38 bits per heavy atom. The third kappa shape index (κ3) is 2.86. The number of hydrogen-bond acceptors (Lipinski definition) is 0. The van der Waals surface area contributed by atoms with E-state index in [9.17, 15) is 0 Å². The van der Waals surface area contributed by atoms with Crippen molar-refractivity contribution in [1.82, 2.24) is 0 Å². The van der Waals surface area contributed by atoms with Gasteiger partial charge in [0.15, 0.2) is 0 Å². The van der Waals surface area contributed by atoms with Crippen molar-refractivity contribution < 1.29 is 0 Å². The van der Waals surface area contributed by atoms with E-state index >= 15 is 0 Å². The van der Waals surface area contributed by atoms with E-state index in [0.717, 1.165) is 0 Å². The second-order valence-electron chi connectivity index (χ2n) is 5.51. The van der Waals surface area contributed by atoms with Crippen LogP contribution in [0.4, 0.5) is 0 Å². The van der Waals surface area contributed by atoms with Gasteiger partial charge in [0.25, 0.3) is 0 Å². The van der Waals surface area contributed by atoms with Crippen LogP contribution in [-0.2, 0) is 0 Å². The van der Waals surface area contributed by atoms with Crippen LogP contribution in [0.1, 0.15) is 76.0 Å².